The quantitative estimate of drug-likeness (QED) is 0.878. The van der Waals surface area contributed by atoms with Crippen molar-refractivity contribution in [2.24, 2.45) is 5.41 Å². The number of nitrogens with one attached hydrogen (secondary N) is 1. The molecule has 4 rings (SSSR count). The first-order chi connectivity index (χ1) is 8.80. The van der Waals surface area contributed by atoms with Crippen molar-refractivity contribution in [3.8, 4) is 0 Å². The first-order valence-electron chi connectivity index (χ1n) is 7.44. The van der Waals surface area contributed by atoms with Crippen LogP contribution in [0.25, 0.3) is 0 Å². The molecule has 1 aromatic rings. The van der Waals surface area contributed by atoms with Gasteiger partial charge in [0.2, 0.25) is 0 Å². The van der Waals surface area contributed by atoms with Gasteiger partial charge in [-0.25, -0.2) is 0 Å². The molecule has 1 aromatic heterocycles. The third kappa shape index (κ3) is 1.70. The van der Waals surface area contributed by atoms with Crippen LogP contribution in [0.3, 0.4) is 0 Å². The van der Waals surface area contributed by atoms with Crippen molar-refractivity contribution in [2.45, 2.75) is 56.4 Å². The molecule has 0 aliphatic heterocycles. The van der Waals surface area contributed by atoms with Gasteiger partial charge in [0.15, 0.2) is 0 Å². The van der Waals surface area contributed by atoms with Crippen LogP contribution in [0.15, 0.2) is 24.5 Å². The molecule has 0 radical (unpaired) electrons. The summed E-state index contributed by atoms with van der Waals surface area (Å²) in [5.41, 5.74) is 2.59. The summed E-state index contributed by atoms with van der Waals surface area (Å²) in [6, 6.07) is 5.20. The molecule has 0 unspecified atom stereocenters. The van der Waals surface area contributed by atoms with Crippen LogP contribution in [0.2, 0.25) is 0 Å². The van der Waals surface area contributed by atoms with Crippen molar-refractivity contribution >= 4 is 0 Å². The maximum atomic E-state index is 4.34. The number of hydrogen-bond donors (Lipinski definition) is 1. The summed E-state index contributed by atoms with van der Waals surface area (Å²) in [5, 5.41) is 3.76. The predicted molar refractivity (Wildman–Crippen MR) is 72.5 cm³/mol. The number of nitrogens with zero attached hydrogens (tertiary/aromatic N) is 1. The second-order valence-electron chi connectivity index (χ2n) is 6.88. The Morgan fingerprint density at radius 3 is 2.67 bits per heavy atom. The molecule has 3 saturated carbocycles. The fourth-order valence-electron chi connectivity index (χ4n) is 4.15. The Balaban J connectivity index is 1.54. The van der Waals surface area contributed by atoms with Gasteiger partial charge in [-0.3, -0.25) is 4.98 Å². The van der Waals surface area contributed by atoms with E-state index >= 15 is 0 Å². The van der Waals surface area contributed by atoms with Crippen LogP contribution in [-0.2, 0) is 5.41 Å². The maximum Gasteiger partial charge on any atom is 0.0306 e. The van der Waals surface area contributed by atoms with Crippen molar-refractivity contribution in [1.29, 1.82) is 0 Å². The molecule has 3 aliphatic rings. The summed E-state index contributed by atoms with van der Waals surface area (Å²) >= 11 is 0. The van der Waals surface area contributed by atoms with E-state index < -0.39 is 0 Å². The Morgan fingerprint density at radius 2 is 2.11 bits per heavy atom. The highest BCUT2D eigenvalue weighted by atomic mass is 15.0. The zero-order valence-electron chi connectivity index (χ0n) is 11.0. The second-order valence-corrected chi connectivity index (χ2v) is 6.88. The Morgan fingerprint density at radius 1 is 1.28 bits per heavy atom. The van der Waals surface area contributed by atoms with Gasteiger partial charge in [0.25, 0.3) is 0 Å². The van der Waals surface area contributed by atoms with Gasteiger partial charge in [0.1, 0.15) is 0 Å². The smallest absolute Gasteiger partial charge is 0.0306 e. The van der Waals surface area contributed by atoms with Crippen LogP contribution in [0.4, 0.5) is 0 Å². The Bertz CT molecular complexity index is 424. The predicted octanol–water partition coefficient (Wildman–Crippen LogP) is 3.04. The first-order valence-corrected chi connectivity index (χ1v) is 7.44. The molecule has 1 heterocycles. The van der Waals surface area contributed by atoms with E-state index in [4.69, 9.17) is 0 Å². The van der Waals surface area contributed by atoms with Crippen molar-refractivity contribution in [3.63, 3.8) is 0 Å². The first kappa shape index (κ1) is 11.0. The standard InChI is InChI=1S/C16H22N2/c1-3-13(9-17-8-1)16(12-18-14-4-5-14)10-15(11-16)6-2-7-15/h1,3,8-9,14,18H,2,4-7,10-12H2. The number of rotatable bonds is 4. The van der Waals surface area contributed by atoms with E-state index in [2.05, 4.69) is 28.6 Å². The highest BCUT2D eigenvalue weighted by Gasteiger charge is 2.57. The number of pyridine rings is 1. The minimum absolute atomic E-state index is 0.400. The molecule has 3 aliphatic carbocycles. The Labute approximate surface area is 109 Å². The van der Waals surface area contributed by atoms with Gasteiger partial charge in [-0.05, 0) is 55.6 Å². The average Bonchev–Trinajstić information content (AvgIpc) is 3.11. The molecule has 18 heavy (non-hydrogen) atoms. The number of aromatic nitrogens is 1. The molecular weight excluding hydrogens is 220 g/mol. The van der Waals surface area contributed by atoms with E-state index in [9.17, 15) is 0 Å². The monoisotopic (exact) mass is 242 g/mol. The topological polar surface area (TPSA) is 24.9 Å². The highest BCUT2D eigenvalue weighted by molar-refractivity contribution is 5.30. The third-order valence-electron chi connectivity index (χ3n) is 5.42. The van der Waals surface area contributed by atoms with Crippen LogP contribution in [-0.4, -0.2) is 17.6 Å². The van der Waals surface area contributed by atoms with E-state index in [-0.39, 0.29) is 0 Å². The fraction of sp³-hybridized carbons (Fsp3) is 0.688. The maximum absolute atomic E-state index is 4.34. The lowest BCUT2D eigenvalue weighted by Gasteiger charge is -2.61. The van der Waals surface area contributed by atoms with Gasteiger partial charge in [0, 0.05) is 30.4 Å². The van der Waals surface area contributed by atoms with Gasteiger partial charge in [-0.2, -0.15) is 0 Å². The van der Waals surface area contributed by atoms with E-state index in [1.54, 1.807) is 0 Å². The molecule has 0 saturated heterocycles. The SMILES string of the molecule is c1cncc(C2(CNC3CC3)CC3(CCC3)C2)c1. The summed E-state index contributed by atoms with van der Waals surface area (Å²) in [4.78, 5) is 4.34. The minimum Gasteiger partial charge on any atom is -0.313 e. The average molecular weight is 242 g/mol. The van der Waals surface area contributed by atoms with Crippen molar-refractivity contribution < 1.29 is 0 Å². The van der Waals surface area contributed by atoms with Crippen LogP contribution in [0, 0.1) is 5.41 Å². The normalized spacial score (nSPS) is 27.6. The zero-order chi connectivity index (χ0) is 12.1. The van der Waals surface area contributed by atoms with Crippen molar-refractivity contribution in [2.75, 3.05) is 6.54 Å². The molecule has 2 heteroatoms. The van der Waals surface area contributed by atoms with Crippen LogP contribution >= 0.6 is 0 Å². The molecule has 96 valence electrons. The summed E-state index contributed by atoms with van der Waals surface area (Å²) in [6.07, 6.45) is 13.9. The molecule has 1 spiro atoms. The van der Waals surface area contributed by atoms with E-state index in [1.165, 1.54) is 57.1 Å². The molecule has 0 bridgehead atoms. The summed E-state index contributed by atoms with van der Waals surface area (Å²) in [7, 11) is 0. The van der Waals surface area contributed by atoms with Gasteiger partial charge < -0.3 is 5.32 Å². The minimum atomic E-state index is 0.400. The third-order valence-corrected chi connectivity index (χ3v) is 5.42. The molecule has 1 N–H and O–H groups in total. The highest BCUT2D eigenvalue weighted by Crippen LogP contribution is 2.64. The molecule has 0 atom stereocenters. The number of hydrogen-bond acceptors (Lipinski definition) is 2. The lowest BCUT2D eigenvalue weighted by molar-refractivity contribution is -0.0485. The van der Waals surface area contributed by atoms with Crippen molar-refractivity contribution in [3.05, 3.63) is 30.1 Å². The Hall–Kier alpha value is -0.890. The molecule has 0 aromatic carbocycles. The Kier molecular flexibility index (Phi) is 2.32. The molecule has 0 amide bonds. The van der Waals surface area contributed by atoms with Gasteiger partial charge in [-0.1, -0.05) is 12.5 Å². The summed E-state index contributed by atoms with van der Waals surface area (Å²) in [5.74, 6) is 0. The van der Waals surface area contributed by atoms with E-state index in [1.807, 2.05) is 6.20 Å². The van der Waals surface area contributed by atoms with Gasteiger partial charge in [0.05, 0.1) is 0 Å². The lowest BCUT2D eigenvalue weighted by Crippen LogP contribution is -2.57. The molecule has 3 fully saturated rings. The largest absolute Gasteiger partial charge is 0.313 e. The van der Waals surface area contributed by atoms with Gasteiger partial charge >= 0.3 is 0 Å². The summed E-state index contributed by atoms with van der Waals surface area (Å²) < 4.78 is 0. The van der Waals surface area contributed by atoms with Crippen LogP contribution in [0.5, 0.6) is 0 Å². The van der Waals surface area contributed by atoms with E-state index in [0.717, 1.165) is 11.5 Å². The second kappa shape index (κ2) is 3.80. The zero-order valence-corrected chi connectivity index (χ0v) is 11.0. The lowest BCUT2D eigenvalue weighted by atomic mass is 9.44. The fourth-order valence-corrected chi connectivity index (χ4v) is 4.15. The van der Waals surface area contributed by atoms with Crippen LogP contribution in [0.1, 0.15) is 50.5 Å². The van der Waals surface area contributed by atoms with Gasteiger partial charge in [-0.15, -0.1) is 0 Å². The molecular formula is C16H22N2. The van der Waals surface area contributed by atoms with Crippen molar-refractivity contribution in [1.82, 2.24) is 10.3 Å². The summed E-state index contributed by atoms with van der Waals surface area (Å²) in [6.45, 7) is 1.17. The van der Waals surface area contributed by atoms with Crippen LogP contribution < -0.4 is 5.32 Å². The van der Waals surface area contributed by atoms with E-state index in [0.29, 0.717) is 5.41 Å². The molecule has 2 nitrogen and oxygen atoms in total.